The van der Waals surface area contributed by atoms with Crippen molar-refractivity contribution >= 4 is 0 Å². The quantitative estimate of drug-likeness (QED) is 0.499. The molecule has 1 aliphatic rings. The summed E-state index contributed by atoms with van der Waals surface area (Å²) >= 11 is 0. The fourth-order valence-corrected chi connectivity index (χ4v) is 3.04. The van der Waals surface area contributed by atoms with Crippen molar-refractivity contribution in [3.05, 3.63) is 29.8 Å². The van der Waals surface area contributed by atoms with Gasteiger partial charge < -0.3 is 9.84 Å². The van der Waals surface area contributed by atoms with Gasteiger partial charge in [-0.15, -0.1) is 0 Å². The first-order valence-corrected chi connectivity index (χ1v) is 8.84. The molecule has 0 saturated heterocycles. The number of benzene rings is 1. The van der Waals surface area contributed by atoms with Crippen molar-refractivity contribution in [3.63, 3.8) is 0 Å². The number of aliphatic hydroxyl groups is 1. The molecule has 1 saturated carbocycles. The monoisotopic (exact) mass is 474 g/mol. The van der Waals surface area contributed by atoms with E-state index < -0.39 is 59.5 Å². The summed E-state index contributed by atoms with van der Waals surface area (Å²) in [6.45, 7) is 3.30. The normalized spacial score (nSPS) is 26.6. The van der Waals surface area contributed by atoms with Crippen LogP contribution in [0.3, 0.4) is 0 Å². The minimum atomic E-state index is -7.28. The van der Waals surface area contributed by atoms with E-state index in [4.69, 9.17) is 4.74 Å². The maximum absolute atomic E-state index is 14.8. The summed E-state index contributed by atoms with van der Waals surface area (Å²) in [5, 5.41) is 9.95. The summed E-state index contributed by atoms with van der Waals surface area (Å²) in [4.78, 5) is 0. The van der Waals surface area contributed by atoms with Gasteiger partial charge in [-0.3, -0.25) is 0 Å². The van der Waals surface area contributed by atoms with Crippen molar-refractivity contribution in [3.8, 4) is 5.75 Å². The topological polar surface area (TPSA) is 29.5 Å². The first-order chi connectivity index (χ1) is 13.8. The van der Waals surface area contributed by atoms with Crippen LogP contribution in [0.2, 0.25) is 0 Å². The Hall–Kier alpha value is -1.79. The van der Waals surface area contributed by atoms with E-state index >= 15 is 0 Å². The smallest absolute Gasteiger partial charge is 0.384 e. The number of halogens is 11. The largest absolute Gasteiger partial charge is 0.491 e. The molecule has 0 aromatic heterocycles. The highest BCUT2D eigenvalue weighted by atomic mass is 19.4. The fourth-order valence-electron chi connectivity index (χ4n) is 3.04. The maximum atomic E-state index is 14.8. The predicted octanol–water partition coefficient (Wildman–Crippen LogP) is 6.19. The van der Waals surface area contributed by atoms with Crippen LogP contribution in [0, 0.1) is 0 Å². The second-order valence-corrected chi connectivity index (χ2v) is 7.30. The molecule has 2 rings (SSSR count). The second kappa shape index (κ2) is 7.38. The summed E-state index contributed by atoms with van der Waals surface area (Å²) in [5.74, 6) is -35.7. The average molecular weight is 474 g/mol. The molecule has 0 radical (unpaired) electrons. The van der Waals surface area contributed by atoms with Gasteiger partial charge in [-0.1, -0.05) is 19.1 Å². The van der Waals surface area contributed by atoms with Gasteiger partial charge in [-0.2, -0.15) is 43.9 Å². The van der Waals surface area contributed by atoms with Gasteiger partial charge in [0.25, 0.3) is 5.67 Å². The molecule has 178 valence electrons. The van der Waals surface area contributed by atoms with E-state index in [0.29, 0.717) is 6.42 Å². The van der Waals surface area contributed by atoms with E-state index in [1.54, 1.807) is 13.8 Å². The molecular weight excluding hydrogens is 457 g/mol. The first-order valence-electron chi connectivity index (χ1n) is 8.84. The Morgan fingerprint density at radius 3 is 1.71 bits per heavy atom. The van der Waals surface area contributed by atoms with Crippen molar-refractivity contribution in [2.24, 2.45) is 0 Å². The Bertz CT molecular complexity index is 779. The third-order valence-electron chi connectivity index (χ3n) is 5.20. The summed E-state index contributed by atoms with van der Waals surface area (Å²) in [6, 6.07) is 4.07. The lowest BCUT2D eigenvalue weighted by atomic mass is 9.69. The molecule has 0 heterocycles. The van der Waals surface area contributed by atoms with Gasteiger partial charge in [0.05, 0.1) is 12.2 Å². The fraction of sp³-hybridized carbons (Fsp3) is 0.667. The zero-order valence-electron chi connectivity index (χ0n) is 15.9. The average Bonchev–Trinajstić information content (AvgIpc) is 2.66. The van der Waals surface area contributed by atoms with Gasteiger partial charge >= 0.3 is 29.6 Å². The van der Waals surface area contributed by atoms with E-state index in [-0.39, 0.29) is 5.75 Å². The van der Waals surface area contributed by atoms with Gasteiger partial charge in [0.1, 0.15) is 5.75 Å². The van der Waals surface area contributed by atoms with Crippen molar-refractivity contribution in [2.45, 2.75) is 74.2 Å². The predicted molar refractivity (Wildman–Crippen MR) is 85.0 cm³/mol. The highest BCUT2D eigenvalue weighted by Crippen LogP contribution is 2.70. The Balaban J connectivity index is 2.52. The Morgan fingerprint density at radius 1 is 0.806 bits per heavy atom. The number of hydrogen-bond donors (Lipinski definition) is 1. The van der Waals surface area contributed by atoms with Gasteiger partial charge in [0, 0.05) is 6.42 Å². The van der Waals surface area contributed by atoms with Crippen LogP contribution >= 0.6 is 0 Å². The molecule has 0 amide bonds. The van der Waals surface area contributed by atoms with Crippen LogP contribution in [0.5, 0.6) is 5.75 Å². The molecule has 2 atom stereocenters. The van der Waals surface area contributed by atoms with Gasteiger partial charge in [-0.25, -0.2) is 4.39 Å². The Kier molecular flexibility index (Phi) is 6.06. The SMILES string of the molecule is CCC(C)Oc1cccc(C(O)CC2(F)C(F)(F)C(F)(F)C(F)(F)C(F)(F)C2(F)F)c1. The molecular formula is C18H17F11O2. The molecule has 0 bridgehead atoms. The van der Waals surface area contributed by atoms with E-state index in [9.17, 15) is 53.4 Å². The highest BCUT2D eigenvalue weighted by Gasteiger charge is 3.00. The molecule has 1 fully saturated rings. The molecule has 1 aromatic rings. The number of ether oxygens (including phenoxy) is 1. The first kappa shape index (κ1) is 25.5. The molecule has 1 N–H and O–H groups in total. The van der Waals surface area contributed by atoms with Crippen LogP contribution in [0.25, 0.3) is 0 Å². The molecule has 0 spiro atoms. The Labute approximate surface area is 169 Å². The lowest BCUT2D eigenvalue weighted by Crippen LogP contribution is -2.83. The third-order valence-corrected chi connectivity index (χ3v) is 5.20. The molecule has 0 aliphatic heterocycles. The standard InChI is InChI=1S/C18H17F11O2/c1-3-9(2)31-11-6-4-5-10(7-11)12(30)8-13(19)14(20,21)16(24,25)18(28,29)17(26,27)15(13,22)23/h4-7,9,12,30H,3,8H2,1-2H3. The second-order valence-electron chi connectivity index (χ2n) is 7.30. The van der Waals surface area contributed by atoms with Gasteiger partial charge in [-0.05, 0) is 31.0 Å². The van der Waals surface area contributed by atoms with Crippen molar-refractivity contribution < 1.29 is 58.1 Å². The number of hydrogen-bond acceptors (Lipinski definition) is 2. The van der Waals surface area contributed by atoms with E-state index in [2.05, 4.69) is 0 Å². The van der Waals surface area contributed by atoms with Crippen LogP contribution in [0.15, 0.2) is 24.3 Å². The summed E-state index contributed by atoms with van der Waals surface area (Å²) < 4.78 is 157. The van der Waals surface area contributed by atoms with Crippen LogP contribution in [0.1, 0.15) is 38.4 Å². The van der Waals surface area contributed by atoms with Gasteiger partial charge in [0.15, 0.2) is 0 Å². The minimum Gasteiger partial charge on any atom is -0.491 e. The molecule has 1 aliphatic carbocycles. The maximum Gasteiger partial charge on any atom is 0.384 e. The highest BCUT2D eigenvalue weighted by molar-refractivity contribution is 5.32. The lowest BCUT2D eigenvalue weighted by molar-refractivity contribution is -0.487. The van der Waals surface area contributed by atoms with E-state index in [1.165, 1.54) is 6.07 Å². The van der Waals surface area contributed by atoms with E-state index in [1.807, 2.05) is 0 Å². The number of aliphatic hydroxyl groups excluding tert-OH is 1. The van der Waals surface area contributed by atoms with Crippen molar-refractivity contribution in [1.29, 1.82) is 0 Å². The minimum absolute atomic E-state index is 0.0665. The van der Waals surface area contributed by atoms with E-state index in [0.717, 1.165) is 18.2 Å². The van der Waals surface area contributed by atoms with Crippen LogP contribution in [0.4, 0.5) is 48.3 Å². The molecule has 2 unspecified atom stereocenters. The summed E-state index contributed by atoms with van der Waals surface area (Å²) in [5.41, 5.74) is -6.87. The summed E-state index contributed by atoms with van der Waals surface area (Å²) in [7, 11) is 0. The third kappa shape index (κ3) is 3.25. The lowest BCUT2D eigenvalue weighted by Gasteiger charge is -2.52. The zero-order valence-corrected chi connectivity index (χ0v) is 15.9. The van der Waals surface area contributed by atoms with Gasteiger partial charge in [0.2, 0.25) is 0 Å². The van der Waals surface area contributed by atoms with Crippen molar-refractivity contribution in [1.82, 2.24) is 0 Å². The number of alkyl halides is 11. The molecule has 2 nitrogen and oxygen atoms in total. The van der Waals surface area contributed by atoms with Crippen LogP contribution in [-0.4, -0.2) is 46.5 Å². The van der Waals surface area contributed by atoms with Crippen molar-refractivity contribution in [2.75, 3.05) is 0 Å². The summed E-state index contributed by atoms with van der Waals surface area (Å²) in [6.07, 6.45) is -5.47. The molecule has 13 heteroatoms. The number of rotatable bonds is 6. The van der Waals surface area contributed by atoms with Crippen LogP contribution in [-0.2, 0) is 0 Å². The zero-order chi connectivity index (χ0) is 24.3. The molecule has 31 heavy (non-hydrogen) atoms. The van der Waals surface area contributed by atoms with Crippen LogP contribution < -0.4 is 4.74 Å². The Morgan fingerprint density at radius 2 is 1.26 bits per heavy atom. The molecule has 1 aromatic carbocycles.